The molecule has 0 bridgehead atoms. The summed E-state index contributed by atoms with van der Waals surface area (Å²) in [6.07, 6.45) is 17.0. The first-order chi connectivity index (χ1) is 6.47. The Hall–Kier alpha value is 0.774. The minimum atomic E-state index is 0. The number of hydrogen-bond donors (Lipinski definition) is 0. The third-order valence-electron chi connectivity index (χ3n) is 2.24. The molecular weight excluding hydrogens is 251 g/mol. The third-order valence-corrected chi connectivity index (χ3v) is 2.24. The second-order valence-electron chi connectivity index (χ2n) is 2.82. The molecule has 1 fully saturated rings. The minimum Gasteiger partial charge on any atom is -0.321 e. The average molecular weight is 268 g/mol. The van der Waals surface area contributed by atoms with Gasteiger partial charge < -0.3 is 6.42 Å². The molecule has 2 atom stereocenters. The van der Waals surface area contributed by atoms with E-state index >= 15 is 0 Å². The zero-order valence-electron chi connectivity index (χ0n) is 8.71. The minimum absolute atomic E-state index is 0. The van der Waals surface area contributed by atoms with Crippen LogP contribution in [-0.4, -0.2) is 12.8 Å². The molecule has 0 amide bonds. The van der Waals surface area contributed by atoms with Crippen molar-refractivity contribution < 1.29 is 21.7 Å². The molecule has 2 aliphatic carbocycles. The Morgan fingerprint density at radius 2 is 1.64 bits per heavy atom. The molecule has 2 unspecified atom stereocenters. The molecule has 3 heteroatoms. The van der Waals surface area contributed by atoms with Crippen LogP contribution in [0.5, 0.6) is 0 Å². The van der Waals surface area contributed by atoms with Gasteiger partial charge in [-0.15, -0.1) is 35.2 Å². The van der Waals surface area contributed by atoms with Crippen LogP contribution in [0, 0.1) is 18.3 Å². The molecule has 0 aromatic rings. The van der Waals surface area contributed by atoms with Crippen molar-refractivity contribution in [2.24, 2.45) is 11.8 Å². The summed E-state index contributed by atoms with van der Waals surface area (Å²) in [6, 6.07) is 0. The summed E-state index contributed by atoms with van der Waals surface area (Å²) in [5, 5.41) is 0. The molecule has 0 N–H and O–H groups in total. The molecule has 0 spiro atoms. The van der Waals surface area contributed by atoms with Crippen LogP contribution < -0.4 is 0 Å². The molecule has 1 saturated carbocycles. The van der Waals surface area contributed by atoms with Gasteiger partial charge in [0.1, 0.15) is 0 Å². The Bertz CT molecular complexity index is 149. The molecule has 14 heavy (non-hydrogen) atoms. The van der Waals surface area contributed by atoms with Crippen molar-refractivity contribution in [3.8, 4) is 0 Å². The van der Waals surface area contributed by atoms with E-state index in [0.29, 0.717) is 0 Å². The quantitative estimate of drug-likeness (QED) is 0.353. The number of allylic oxidation sites excluding steroid dienone is 4. The molecule has 0 saturated heterocycles. The Kier molecular flexibility index (Phi) is 14.5. The number of halogens is 2. The molecule has 0 radical (unpaired) electrons. The predicted molar refractivity (Wildman–Crippen MR) is 62.3 cm³/mol. The molecule has 0 heterocycles. The maximum absolute atomic E-state index is 4.64. The number of fused-ring (bicyclic) bond motifs is 1. The second-order valence-corrected chi connectivity index (χ2v) is 2.82. The van der Waals surface area contributed by atoms with E-state index in [1.807, 2.05) is 0 Å². The van der Waals surface area contributed by atoms with Gasteiger partial charge in [0.2, 0.25) is 0 Å². The van der Waals surface area contributed by atoms with E-state index in [9.17, 15) is 0 Å². The Labute approximate surface area is 113 Å². The van der Waals surface area contributed by atoms with E-state index in [1.165, 1.54) is 25.6 Å². The van der Waals surface area contributed by atoms with Gasteiger partial charge in [-0.1, -0.05) is 24.6 Å². The van der Waals surface area contributed by atoms with E-state index in [4.69, 9.17) is 0 Å². The Morgan fingerprint density at radius 1 is 1.07 bits per heavy atom. The normalized spacial score (nSPS) is 26.0. The largest absolute Gasteiger partial charge is 0.321 e. The van der Waals surface area contributed by atoms with Gasteiger partial charge in [0.05, 0.1) is 0 Å². The maximum atomic E-state index is 4.64. The summed E-state index contributed by atoms with van der Waals surface area (Å²) in [7, 11) is 0. The van der Waals surface area contributed by atoms with Crippen molar-refractivity contribution in [3.05, 3.63) is 30.7 Å². The van der Waals surface area contributed by atoms with E-state index in [2.05, 4.69) is 53.9 Å². The van der Waals surface area contributed by atoms with Gasteiger partial charge in [-0.05, 0) is 5.92 Å². The molecular formula is C11H17Cl2Ti-. The fraction of sp³-hybridized carbons (Fsp3) is 0.545. The smallest absolute Gasteiger partial charge is 0.0108 e. The number of hydrogen-bond acceptors (Lipinski definition) is 0. The van der Waals surface area contributed by atoms with Crippen LogP contribution in [0.1, 0.15) is 12.8 Å². The van der Waals surface area contributed by atoms with E-state index in [1.54, 1.807) is 0 Å². The Morgan fingerprint density at radius 3 is 2.21 bits per heavy atom. The monoisotopic (exact) mass is 267 g/mol. The van der Waals surface area contributed by atoms with Gasteiger partial charge in [-0.25, -0.2) is 0 Å². The Balaban J connectivity index is 0. The van der Waals surface area contributed by atoms with Gasteiger partial charge in [0.25, 0.3) is 0 Å². The first-order valence-corrected chi connectivity index (χ1v) is 5.92. The molecule has 80 valence electrons. The van der Waals surface area contributed by atoms with Crippen molar-refractivity contribution in [3.63, 3.8) is 0 Å². The summed E-state index contributed by atoms with van der Waals surface area (Å²) in [6.45, 7) is 0. The van der Waals surface area contributed by atoms with Crippen LogP contribution in [0.25, 0.3) is 0 Å². The fourth-order valence-corrected chi connectivity index (χ4v) is 1.69. The molecule has 0 aromatic carbocycles. The first-order valence-electron chi connectivity index (χ1n) is 4.41. The SMILES string of the molecule is C1=CC2[CH-]CCC2C=C1.CCl.CCl.[Ti]. The van der Waals surface area contributed by atoms with Gasteiger partial charge in [-0.2, -0.15) is 6.42 Å². The van der Waals surface area contributed by atoms with E-state index in [0.717, 1.165) is 11.8 Å². The summed E-state index contributed by atoms with van der Waals surface area (Å²) < 4.78 is 0. The second kappa shape index (κ2) is 11.8. The van der Waals surface area contributed by atoms with Crippen LogP contribution in [0.2, 0.25) is 0 Å². The zero-order chi connectivity index (χ0) is 10.1. The number of alkyl halides is 2. The van der Waals surface area contributed by atoms with Gasteiger partial charge >= 0.3 is 0 Å². The summed E-state index contributed by atoms with van der Waals surface area (Å²) >= 11 is 9.28. The van der Waals surface area contributed by atoms with Crippen molar-refractivity contribution in [2.45, 2.75) is 12.8 Å². The molecule has 0 aromatic heterocycles. The average Bonchev–Trinajstić information content (AvgIpc) is 2.71. The van der Waals surface area contributed by atoms with Crippen LogP contribution in [0.15, 0.2) is 24.3 Å². The summed E-state index contributed by atoms with van der Waals surface area (Å²) in [5.74, 6) is 1.62. The van der Waals surface area contributed by atoms with Crippen LogP contribution in [-0.2, 0) is 21.7 Å². The summed E-state index contributed by atoms with van der Waals surface area (Å²) in [5.41, 5.74) is 0. The van der Waals surface area contributed by atoms with Crippen LogP contribution in [0.4, 0.5) is 0 Å². The van der Waals surface area contributed by atoms with Gasteiger partial charge in [-0.3, -0.25) is 0 Å². The number of rotatable bonds is 0. The van der Waals surface area contributed by atoms with Crippen molar-refractivity contribution in [2.75, 3.05) is 12.8 Å². The predicted octanol–water partition coefficient (Wildman–Crippen LogP) is 4.05. The van der Waals surface area contributed by atoms with Crippen molar-refractivity contribution >= 4 is 23.2 Å². The van der Waals surface area contributed by atoms with Crippen molar-refractivity contribution in [1.82, 2.24) is 0 Å². The van der Waals surface area contributed by atoms with E-state index in [-0.39, 0.29) is 21.7 Å². The topological polar surface area (TPSA) is 0 Å². The molecule has 0 nitrogen and oxygen atoms in total. The van der Waals surface area contributed by atoms with Crippen molar-refractivity contribution in [1.29, 1.82) is 0 Å². The maximum Gasteiger partial charge on any atom is 0.0108 e. The zero-order valence-corrected chi connectivity index (χ0v) is 11.8. The van der Waals surface area contributed by atoms with Gasteiger partial charge in [0, 0.05) is 34.5 Å². The molecule has 2 rings (SSSR count). The third kappa shape index (κ3) is 5.61. The standard InChI is InChI=1S/C9H11.2CH3Cl.Ti/c1-2-5-9-7-3-6-8(9)4-1;2*1-2;/h1-2,4-6,8-9H,3,7H2;2*1H3;/q-1;;;. The summed E-state index contributed by atoms with van der Waals surface area (Å²) in [4.78, 5) is 0. The van der Waals surface area contributed by atoms with Crippen LogP contribution >= 0.6 is 23.2 Å². The first kappa shape index (κ1) is 17.2. The molecule has 2 aliphatic rings. The van der Waals surface area contributed by atoms with E-state index < -0.39 is 0 Å². The fourth-order valence-electron chi connectivity index (χ4n) is 1.69. The van der Waals surface area contributed by atoms with Gasteiger partial charge in [0.15, 0.2) is 0 Å². The van der Waals surface area contributed by atoms with Crippen LogP contribution in [0.3, 0.4) is 0 Å². The molecule has 0 aliphatic heterocycles.